The Balaban J connectivity index is 1.58. The number of esters is 2. The summed E-state index contributed by atoms with van der Waals surface area (Å²) in [5.41, 5.74) is 3.38. The molecule has 4 aromatic rings. The van der Waals surface area contributed by atoms with Crippen molar-refractivity contribution in [3.05, 3.63) is 111 Å². The lowest BCUT2D eigenvalue weighted by molar-refractivity contribution is 0.0732. The Bertz CT molecular complexity index is 1650. The second kappa shape index (κ2) is 14.2. The summed E-state index contributed by atoms with van der Waals surface area (Å²) in [5, 5.41) is 4.92. The molecule has 0 saturated heterocycles. The van der Waals surface area contributed by atoms with Gasteiger partial charge in [0.25, 0.3) is 5.91 Å². The number of hydrogen-bond acceptors (Lipinski definition) is 9. The molecular formula is C31H24Cl2N2O8. The first-order valence-electron chi connectivity index (χ1n) is 12.4. The zero-order chi connectivity index (χ0) is 30.9. The first-order valence-corrected chi connectivity index (χ1v) is 13.2. The van der Waals surface area contributed by atoms with Gasteiger partial charge in [0.15, 0.2) is 11.5 Å². The number of ether oxygens (including phenoxy) is 5. The van der Waals surface area contributed by atoms with Gasteiger partial charge in [0.1, 0.15) is 11.5 Å². The third-order valence-electron chi connectivity index (χ3n) is 5.85. The molecule has 0 aliphatic heterocycles. The van der Waals surface area contributed by atoms with Gasteiger partial charge in [-0.25, -0.2) is 15.0 Å². The second-order valence-electron chi connectivity index (χ2n) is 8.61. The molecule has 10 nitrogen and oxygen atoms in total. The molecule has 4 aromatic carbocycles. The van der Waals surface area contributed by atoms with Crippen LogP contribution in [0.4, 0.5) is 0 Å². The maximum absolute atomic E-state index is 12.9. The number of hydrazone groups is 1. The van der Waals surface area contributed by atoms with Crippen LogP contribution < -0.4 is 29.1 Å². The third-order valence-corrected chi connectivity index (χ3v) is 6.36. The maximum atomic E-state index is 12.9. The average molecular weight is 623 g/mol. The van der Waals surface area contributed by atoms with Crippen LogP contribution in [0.3, 0.4) is 0 Å². The molecule has 0 radical (unpaired) electrons. The zero-order valence-electron chi connectivity index (χ0n) is 23.1. The number of carbonyl (C=O) groups excluding carboxylic acids is 3. The van der Waals surface area contributed by atoms with E-state index in [0.29, 0.717) is 21.4 Å². The van der Waals surface area contributed by atoms with E-state index in [1.54, 1.807) is 24.3 Å². The van der Waals surface area contributed by atoms with E-state index in [9.17, 15) is 14.4 Å². The van der Waals surface area contributed by atoms with Crippen LogP contribution in [0.25, 0.3) is 0 Å². The van der Waals surface area contributed by atoms with Gasteiger partial charge in [-0.2, -0.15) is 5.10 Å². The van der Waals surface area contributed by atoms with Crippen molar-refractivity contribution in [1.29, 1.82) is 0 Å². The largest absolute Gasteiger partial charge is 0.493 e. The SMILES string of the molecule is COc1cc(C(=O)N/N=C/c2ccc(OC(=O)c3ccc(Cl)cc3)cc2OC(=O)c2ccc(Cl)cc2)cc(OC)c1OC. The van der Waals surface area contributed by atoms with Crippen molar-refractivity contribution in [1.82, 2.24) is 5.43 Å². The number of methoxy groups -OCH3 is 3. The second-order valence-corrected chi connectivity index (χ2v) is 9.48. The quantitative estimate of drug-likeness (QED) is 0.0957. The molecule has 0 fully saturated rings. The van der Waals surface area contributed by atoms with Gasteiger partial charge < -0.3 is 23.7 Å². The highest BCUT2D eigenvalue weighted by Gasteiger charge is 2.18. The number of nitrogens with zero attached hydrogens (tertiary/aromatic N) is 1. The summed E-state index contributed by atoms with van der Waals surface area (Å²) in [4.78, 5) is 38.3. The van der Waals surface area contributed by atoms with Crippen LogP contribution >= 0.6 is 23.2 Å². The molecule has 0 aromatic heterocycles. The Kier molecular flexibility index (Phi) is 10.2. The van der Waals surface area contributed by atoms with Crippen LogP contribution in [0, 0.1) is 0 Å². The third kappa shape index (κ3) is 7.82. The fourth-order valence-corrected chi connectivity index (χ4v) is 3.96. The predicted molar refractivity (Wildman–Crippen MR) is 160 cm³/mol. The topological polar surface area (TPSA) is 122 Å². The van der Waals surface area contributed by atoms with E-state index in [-0.39, 0.29) is 39.7 Å². The molecule has 0 aliphatic carbocycles. The molecule has 43 heavy (non-hydrogen) atoms. The number of halogens is 2. The van der Waals surface area contributed by atoms with Gasteiger partial charge in [-0.15, -0.1) is 0 Å². The molecule has 0 atom stereocenters. The predicted octanol–water partition coefficient (Wildman–Crippen LogP) is 6.22. The zero-order valence-corrected chi connectivity index (χ0v) is 24.6. The van der Waals surface area contributed by atoms with Crippen molar-refractivity contribution in [3.8, 4) is 28.7 Å². The minimum Gasteiger partial charge on any atom is -0.493 e. The van der Waals surface area contributed by atoms with Crippen molar-refractivity contribution in [2.24, 2.45) is 5.10 Å². The maximum Gasteiger partial charge on any atom is 0.343 e. The molecule has 0 heterocycles. The van der Waals surface area contributed by atoms with Crippen LogP contribution in [0.2, 0.25) is 10.0 Å². The highest BCUT2D eigenvalue weighted by Crippen LogP contribution is 2.38. The lowest BCUT2D eigenvalue weighted by Gasteiger charge is -2.13. The van der Waals surface area contributed by atoms with E-state index in [1.165, 1.54) is 82.1 Å². The number of benzene rings is 4. The van der Waals surface area contributed by atoms with Crippen LogP contribution in [-0.4, -0.2) is 45.4 Å². The Morgan fingerprint density at radius 3 is 1.70 bits per heavy atom. The fourth-order valence-electron chi connectivity index (χ4n) is 3.71. The Hall–Kier alpha value is -5.06. The van der Waals surface area contributed by atoms with Crippen LogP contribution in [0.1, 0.15) is 36.6 Å². The smallest absolute Gasteiger partial charge is 0.343 e. The lowest BCUT2D eigenvalue weighted by Crippen LogP contribution is -2.18. The summed E-state index contributed by atoms with van der Waals surface area (Å²) >= 11 is 11.8. The summed E-state index contributed by atoms with van der Waals surface area (Å²) in [7, 11) is 4.31. The van der Waals surface area contributed by atoms with E-state index >= 15 is 0 Å². The molecule has 0 aliphatic rings. The minimum atomic E-state index is -0.700. The van der Waals surface area contributed by atoms with E-state index in [0.717, 1.165) is 0 Å². The van der Waals surface area contributed by atoms with Crippen molar-refractivity contribution < 1.29 is 38.1 Å². The molecular weight excluding hydrogens is 599 g/mol. The Morgan fingerprint density at radius 2 is 1.19 bits per heavy atom. The van der Waals surface area contributed by atoms with Gasteiger partial charge in [0.05, 0.1) is 38.7 Å². The van der Waals surface area contributed by atoms with E-state index < -0.39 is 17.8 Å². The first-order chi connectivity index (χ1) is 20.7. The van der Waals surface area contributed by atoms with Crippen LogP contribution in [0.5, 0.6) is 28.7 Å². The van der Waals surface area contributed by atoms with E-state index in [4.69, 9.17) is 46.9 Å². The standard InChI is InChI=1S/C31H24Cl2N2O8/c1-39-26-14-21(15-27(40-2)28(26)41-3)29(36)35-34-17-20-8-13-24(42-30(37)18-4-9-22(32)10-5-18)16-25(20)43-31(38)19-6-11-23(33)12-7-19/h4-17H,1-3H3,(H,35,36)/b34-17+. The summed E-state index contributed by atoms with van der Waals surface area (Å²) in [6.45, 7) is 0. The summed E-state index contributed by atoms with van der Waals surface area (Å²) in [6.07, 6.45) is 1.27. The normalized spacial score (nSPS) is 10.6. The Labute approximate surface area is 256 Å². The Morgan fingerprint density at radius 1 is 0.651 bits per heavy atom. The molecule has 1 N–H and O–H groups in total. The van der Waals surface area contributed by atoms with Crippen molar-refractivity contribution in [2.45, 2.75) is 0 Å². The molecule has 1 amide bonds. The molecule has 220 valence electrons. The number of hydrogen-bond donors (Lipinski definition) is 1. The first kappa shape index (κ1) is 30.9. The summed E-state index contributed by atoms with van der Waals surface area (Å²) in [5.74, 6) is -0.922. The highest BCUT2D eigenvalue weighted by molar-refractivity contribution is 6.31. The number of amides is 1. The van der Waals surface area contributed by atoms with Gasteiger partial charge in [-0.05, 0) is 72.8 Å². The number of nitrogens with one attached hydrogen (secondary N) is 1. The van der Waals surface area contributed by atoms with Crippen molar-refractivity contribution >= 4 is 47.3 Å². The van der Waals surface area contributed by atoms with E-state index in [2.05, 4.69) is 10.5 Å². The molecule has 0 spiro atoms. The molecule has 4 rings (SSSR count). The average Bonchev–Trinajstić information content (AvgIpc) is 3.01. The van der Waals surface area contributed by atoms with Crippen molar-refractivity contribution in [2.75, 3.05) is 21.3 Å². The van der Waals surface area contributed by atoms with Crippen LogP contribution in [0.15, 0.2) is 84.0 Å². The molecule has 0 saturated carbocycles. The summed E-state index contributed by atoms with van der Waals surface area (Å²) < 4.78 is 26.9. The van der Waals surface area contributed by atoms with Gasteiger partial charge in [-0.3, -0.25) is 4.79 Å². The molecule has 0 bridgehead atoms. The van der Waals surface area contributed by atoms with Gasteiger partial charge in [0.2, 0.25) is 5.75 Å². The van der Waals surface area contributed by atoms with E-state index in [1.807, 2.05) is 0 Å². The fraction of sp³-hybridized carbons (Fsp3) is 0.0968. The number of carbonyl (C=O) groups is 3. The van der Waals surface area contributed by atoms with Gasteiger partial charge in [-0.1, -0.05) is 23.2 Å². The monoisotopic (exact) mass is 622 g/mol. The number of rotatable bonds is 10. The molecule has 12 heteroatoms. The molecule has 0 unspecified atom stereocenters. The van der Waals surface area contributed by atoms with Gasteiger partial charge >= 0.3 is 11.9 Å². The lowest BCUT2D eigenvalue weighted by atomic mass is 10.1. The van der Waals surface area contributed by atoms with Crippen molar-refractivity contribution in [3.63, 3.8) is 0 Å². The minimum absolute atomic E-state index is 0.00661. The highest BCUT2D eigenvalue weighted by atomic mass is 35.5. The summed E-state index contributed by atoms with van der Waals surface area (Å²) in [6, 6.07) is 19.5. The van der Waals surface area contributed by atoms with Crippen LogP contribution in [-0.2, 0) is 0 Å². The van der Waals surface area contributed by atoms with Gasteiger partial charge in [0, 0.05) is 27.2 Å².